The van der Waals surface area contributed by atoms with Gasteiger partial charge in [-0.25, -0.2) is 4.79 Å². The SMILES string of the molecule is O=C(Oc1ccc([N+](=O)[O-])cc1C1=C/C=C\C#C/C=C\1)c1ccc([N+](=O)[O-])cc1. The molecule has 0 aliphatic heterocycles. The lowest BCUT2D eigenvalue weighted by atomic mass is 10.0. The van der Waals surface area contributed by atoms with Gasteiger partial charge in [0.15, 0.2) is 0 Å². The van der Waals surface area contributed by atoms with Gasteiger partial charge in [0.2, 0.25) is 0 Å². The summed E-state index contributed by atoms with van der Waals surface area (Å²) in [6.07, 6.45) is 8.21. The van der Waals surface area contributed by atoms with Crippen LogP contribution in [-0.4, -0.2) is 15.8 Å². The summed E-state index contributed by atoms with van der Waals surface area (Å²) in [5.41, 5.74) is 0.675. The van der Waals surface area contributed by atoms with E-state index in [2.05, 4.69) is 11.8 Å². The van der Waals surface area contributed by atoms with E-state index >= 15 is 0 Å². The number of ether oxygens (including phenoxy) is 1. The van der Waals surface area contributed by atoms with Crippen LogP contribution in [0.3, 0.4) is 0 Å². The third kappa shape index (κ3) is 4.61. The summed E-state index contributed by atoms with van der Waals surface area (Å²) >= 11 is 0. The first-order valence-corrected chi connectivity index (χ1v) is 8.25. The Morgan fingerprint density at radius 3 is 2.24 bits per heavy atom. The van der Waals surface area contributed by atoms with Crippen molar-refractivity contribution in [3.63, 3.8) is 0 Å². The molecule has 2 aromatic carbocycles. The van der Waals surface area contributed by atoms with E-state index in [0.29, 0.717) is 11.1 Å². The van der Waals surface area contributed by atoms with Gasteiger partial charge in [-0.05, 0) is 42.0 Å². The van der Waals surface area contributed by atoms with Crippen LogP contribution >= 0.6 is 0 Å². The second-order valence-corrected chi connectivity index (χ2v) is 5.73. The van der Waals surface area contributed by atoms with Crippen molar-refractivity contribution >= 4 is 22.9 Å². The number of nitrogens with zero attached hydrogens (tertiary/aromatic N) is 2. The smallest absolute Gasteiger partial charge is 0.343 e. The number of rotatable bonds is 5. The Morgan fingerprint density at radius 1 is 0.897 bits per heavy atom. The highest BCUT2D eigenvalue weighted by molar-refractivity contribution is 5.92. The summed E-state index contributed by atoms with van der Waals surface area (Å²) in [5, 5.41) is 21.9. The monoisotopic (exact) mass is 388 g/mol. The number of hydrogen-bond acceptors (Lipinski definition) is 6. The van der Waals surface area contributed by atoms with Crippen LogP contribution in [0.5, 0.6) is 5.75 Å². The van der Waals surface area contributed by atoms with Crippen LogP contribution in [-0.2, 0) is 0 Å². The van der Waals surface area contributed by atoms with Crippen LogP contribution in [0, 0.1) is 32.1 Å². The Hall–Kier alpha value is -4.51. The molecule has 3 rings (SSSR count). The molecule has 29 heavy (non-hydrogen) atoms. The molecular weight excluding hydrogens is 376 g/mol. The molecule has 0 aromatic heterocycles. The lowest BCUT2D eigenvalue weighted by molar-refractivity contribution is -0.385. The zero-order valence-corrected chi connectivity index (χ0v) is 14.8. The number of non-ortho nitro benzene ring substituents is 2. The van der Waals surface area contributed by atoms with Gasteiger partial charge in [0.05, 0.1) is 15.4 Å². The van der Waals surface area contributed by atoms with Gasteiger partial charge >= 0.3 is 5.97 Å². The van der Waals surface area contributed by atoms with E-state index in [-0.39, 0.29) is 22.7 Å². The zero-order chi connectivity index (χ0) is 20.8. The van der Waals surface area contributed by atoms with Crippen LogP contribution in [0.2, 0.25) is 0 Å². The summed E-state index contributed by atoms with van der Waals surface area (Å²) in [6, 6.07) is 8.80. The van der Waals surface area contributed by atoms with E-state index in [1.54, 1.807) is 30.4 Å². The minimum absolute atomic E-state index is 0.104. The first kappa shape index (κ1) is 19.3. The first-order chi connectivity index (χ1) is 14.0. The van der Waals surface area contributed by atoms with Crippen LogP contribution < -0.4 is 4.74 Å². The third-order valence-corrected chi connectivity index (χ3v) is 3.89. The van der Waals surface area contributed by atoms with Crippen LogP contribution in [0.25, 0.3) is 5.57 Å². The number of nitro groups is 2. The Labute approximate surface area is 164 Å². The van der Waals surface area contributed by atoms with Crippen molar-refractivity contribution in [2.24, 2.45) is 0 Å². The first-order valence-electron chi connectivity index (χ1n) is 8.25. The van der Waals surface area contributed by atoms with Gasteiger partial charge in [-0.1, -0.05) is 24.0 Å². The molecule has 1 aliphatic rings. The zero-order valence-electron chi connectivity index (χ0n) is 14.8. The van der Waals surface area contributed by atoms with Crippen LogP contribution in [0.4, 0.5) is 11.4 Å². The number of esters is 1. The van der Waals surface area contributed by atoms with E-state index in [0.717, 1.165) is 0 Å². The van der Waals surface area contributed by atoms with E-state index < -0.39 is 15.8 Å². The van der Waals surface area contributed by atoms with E-state index in [9.17, 15) is 25.0 Å². The van der Waals surface area contributed by atoms with E-state index in [4.69, 9.17) is 4.74 Å². The minimum atomic E-state index is -0.749. The predicted octanol–water partition coefficient (Wildman–Crippen LogP) is 4.24. The fourth-order valence-electron chi connectivity index (χ4n) is 2.49. The van der Waals surface area contributed by atoms with Gasteiger partial charge in [-0.2, -0.15) is 0 Å². The Bertz CT molecular complexity index is 1150. The highest BCUT2D eigenvalue weighted by Gasteiger charge is 2.18. The number of carbonyl (C=O) groups excluding carboxylic acids is 1. The number of allylic oxidation sites excluding steroid dienone is 6. The summed E-state index contributed by atoms with van der Waals surface area (Å²) in [5.74, 6) is 4.89. The average Bonchev–Trinajstić information content (AvgIpc) is 2.68. The molecule has 1 aliphatic carbocycles. The second kappa shape index (κ2) is 8.45. The van der Waals surface area contributed by atoms with E-state index in [1.807, 2.05) is 0 Å². The normalized spacial score (nSPS) is 16.1. The molecule has 0 atom stereocenters. The standard InChI is InChI=1S/C21H12N2O6/c24-21(16-8-10-17(11-9-16)22(25)26)29-20-13-12-18(23(27)28)14-19(20)15-6-4-2-1-3-5-7-15/h2,4-14H/b4-2-,6-4?,7-5-,15-6+,15-7?. The summed E-state index contributed by atoms with van der Waals surface area (Å²) in [6.45, 7) is 0. The molecule has 0 radical (unpaired) electrons. The van der Waals surface area contributed by atoms with Crippen LogP contribution in [0.1, 0.15) is 15.9 Å². The summed E-state index contributed by atoms with van der Waals surface area (Å²) in [7, 11) is 0. The fourth-order valence-corrected chi connectivity index (χ4v) is 2.49. The molecule has 0 saturated heterocycles. The largest absolute Gasteiger partial charge is 0.422 e. The topological polar surface area (TPSA) is 113 Å². The fraction of sp³-hybridized carbons (Fsp3) is 0. The minimum Gasteiger partial charge on any atom is -0.422 e. The Kier molecular flexibility index (Phi) is 5.61. The summed E-state index contributed by atoms with van der Waals surface area (Å²) < 4.78 is 5.43. The maximum atomic E-state index is 12.5. The Balaban J connectivity index is 1.97. The third-order valence-electron chi connectivity index (χ3n) is 3.89. The van der Waals surface area contributed by atoms with Gasteiger partial charge in [0.1, 0.15) is 5.75 Å². The van der Waals surface area contributed by atoms with Crippen molar-refractivity contribution in [3.05, 3.63) is 104 Å². The lowest BCUT2D eigenvalue weighted by Crippen LogP contribution is -2.10. The van der Waals surface area contributed by atoms with Crippen molar-refractivity contribution in [3.8, 4) is 17.6 Å². The van der Waals surface area contributed by atoms with Crippen molar-refractivity contribution in [1.29, 1.82) is 0 Å². The van der Waals surface area contributed by atoms with Crippen molar-refractivity contribution in [1.82, 2.24) is 0 Å². The number of carbonyl (C=O) groups is 1. The Morgan fingerprint density at radius 2 is 1.55 bits per heavy atom. The molecule has 0 N–H and O–H groups in total. The van der Waals surface area contributed by atoms with Gasteiger partial charge < -0.3 is 4.74 Å². The van der Waals surface area contributed by atoms with Gasteiger partial charge in [-0.15, -0.1) is 0 Å². The molecule has 0 heterocycles. The van der Waals surface area contributed by atoms with Crippen molar-refractivity contribution in [2.75, 3.05) is 0 Å². The molecule has 0 unspecified atom stereocenters. The molecular formula is C21H12N2O6. The number of nitro benzene ring substituents is 2. The average molecular weight is 388 g/mol. The van der Waals surface area contributed by atoms with Crippen molar-refractivity contribution in [2.45, 2.75) is 0 Å². The molecule has 2 aromatic rings. The maximum Gasteiger partial charge on any atom is 0.343 e. The molecule has 0 fully saturated rings. The molecule has 0 bridgehead atoms. The van der Waals surface area contributed by atoms with Gasteiger partial charge in [-0.3, -0.25) is 20.2 Å². The maximum absolute atomic E-state index is 12.5. The molecule has 0 amide bonds. The van der Waals surface area contributed by atoms with Gasteiger partial charge in [0.25, 0.3) is 11.4 Å². The van der Waals surface area contributed by atoms with Crippen LogP contribution in [0.15, 0.2) is 72.8 Å². The predicted molar refractivity (Wildman–Crippen MR) is 105 cm³/mol. The lowest BCUT2D eigenvalue weighted by Gasteiger charge is -2.11. The highest BCUT2D eigenvalue weighted by atomic mass is 16.6. The van der Waals surface area contributed by atoms with E-state index in [1.165, 1.54) is 42.5 Å². The van der Waals surface area contributed by atoms with Crippen molar-refractivity contribution < 1.29 is 19.4 Å². The number of hydrogen-bond donors (Lipinski definition) is 0. The molecule has 0 spiro atoms. The second-order valence-electron chi connectivity index (χ2n) is 5.73. The number of benzene rings is 2. The summed E-state index contributed by atoms with van der Waals surface area (Å²) in [4.78, 5) is 33.3. The molecule has 0 saturated carbocycles. The molecule has 142 valence electrons. The highest BCUT2D eigenvalue weighted by Crippen LogP contribution is 2.32. The molecule has 8 nitrogen and oxygen atoms in total. The molecule has 8 heteroatoms. The quantitative estimate of drug-likeness (QED) is 0.249. The van der Waals surface area contributed by atoms with Gasteiger partial charge in [0, 0.05) is 29.8 Å².